The molecular formula is C11H20N2O3. The number of hydrogen-bond donors (Lipinski definition) is 3. The fraction of sp³-hybridized carbons (Fsp3) is 0.909. The van der Waals surface area contributed by atoms with Gasteiger partial charge in [-0.15, -0.1) is 0 Å². The van der Waals surface area contributed by atoms with Gasteiger partial charge >= 0.3 is 0 Å². The zero-order valence-corrected chi connectivity index (χ0v) is 9.65. The Hall–Kier alpha value is -0.650. The van der Waals surface area contributed by atoms with Gasteiger partial charge in [0.25, 0.3) is 0 Å². The van der Waals surface area contributed by atoms with Gasteiger partial charge in [0, 0.05) is 13.1 Å². The summed E-state index contributed by atoms with van der Waals surface area (Å²) in [6.07, 6.45) is 1.04. The Morgan fingerprint density at radius 3 is 2.50 bits per heavy atom. The second-order valence-corrected chi connectivity index (χ2v) is 4.81. The fourth-order valence-corrected chi connectivity index (χ4v) is 2.68. The first-order valence-corrected chi connectivity index (χ1v) is 5.99. The highest BCUT2D eigenvalue weighted by molar-refractivity contribution is 5.87. The fourth-order valence-electron chi connectivity index (χ4n) is 2.68. The largest absolute Gasteiger partial charge is 0.388 e. The smallest absolute Gasteiger partial charge is 0.243 e. The molecule has 2 aliphatic rings. The quantitative estimate of drug-likeness (QED) is 0.572. The molecule has 1 amide bonds. The van der Waals surface area contributed by atoms with Crippen LogP contribution >= 0.6 is 0 Å². The van der Waals surface area contributed by atoms with Crippen LogP contribution in [-0.4, -0.2) is 58.4 Å². The van der Waals surface area contributed by atoms with E-state index in [4.69, 9.17) is 0 Å². The molecule has 0 aliphatic carbocycles. The predicted molar refractivity (Wildman–Crippen MR) is 58.9 cm³/mol. The van der Waals surface area contributed by atoms with E-state index in [1.165, 1.54) is 0 Å². The maximum atomic E-state index is 12.3. The summed E-state index contributed by atoms with van der Waals surface area (Å²) in [6, 6.07) is 0. The first-order chi connectivity index (χ1) is 7.59. The monoisotopic (exact) mass is 228 g/mol. The molecule has 5 heteroatoms. The van der Waals surface area contributed by atoms with Crippen LogP contribution in [0.4, 0.5) is 0 Å². The molecule has 2 fully saturated rings. The Balaban J connectivity index is 2.07. The molecule has 2 rings (SSSR count). The summed E-state index contributed by atoms with van der Waals surface area (Å²) >= 11 is 0. The molecule has 2 aliphatic heterocycles. The van der Waals surface area contributed by atoms with Crippen LogP contribution in [-0.2, 0) is 4.79 Å². The van der Waals surface area contributed by atoms with E-state index in [-0.39, 0.29) is 19.0 Å². The summed E-state index contributed by atoms with van der Waals surface area (Å²) in [5, 5.41) is 22.2. The van der Waals surface area contributed by atoms with Gasteiger partial charge < -0.3 is 20.4 Å². The van der Waals surface area contributed by atoms with Crippen LogP contribution in [0.5, 0.6) is 0 Å². The van der Waals surface area contributed by atoms with Gasteiger partial charge in [-0.1, -0.05) is 6.92 Å². The third-order valence-corrected chi connectivity index (χ3v) is 3.80. The summed E-state index contributed by atoms with van der Waals surface area (Å²) in [4.78, 5) is 13.9. The van der Waals surface area contributed by atoms with Crippen molar-refractivity contribution in [3.63, 3.8) is 0 Å². The standard InChI is InChI=1S/C11H20N2O3/c1-2-11(4-3-5-12-11)10(16)13-6-8(14)9(15)7-13/h8-9,12,14-15H,2-7H2,1H3. The number of aliphatic hydroxyl groups is 2. The van der Waals surface area contributed by atoms with Crippen LogP contribution in [0.3, 0.4) is 0 Å². The number of hydrogen-bond acceptors (Lipinski definition) is 4. The summed E-state index contributed by atoms with van der Waals surface area (Å²) in [7, 11) is 0. The van der Waals surface area contributed by atoms with Gasteiger partial charge in [0.2, 0.25) is 5.91 Å². The van der Waals surface area contributed by atoms with Crippen molar-refractivity contribution in [3.05, 3.63) is 0 Å². The normalized spacial score (nSPS) is 39.3. The van der Waals surface area contributed by atoms with Crippen molar-refractivity contribution in [1.82, 2.24) is 10.2 Å². The number of β-amino-alcohol motifs (C(OH)–C–C–N with tert-alkyl or cyclic N) is 2. The van der Waals surface area contributed by atoms with Crippen molar-refractivity contribution in [3.8, 4) is 0 Å². The van der Waals surface area contributed by atoms with Gasteiger partial charge in [-0.25, -0.2) is 0 Å². The summed E-state index contributed by atoms with van der Waals surface area (Å²) in [5.41, 5.74) is -0.455. The van der Waals surface area contributed by atoms with Crippen LogP contribution in [0, 0.1) is 0 Å². The Labute approximate surface area is 95.4 Å². The first-order valence-electron chi connectivity index (χ1n) is 5.99. The van der Waals surface area contributed by atoms with Crippen molar-refractivity contribution in [1.29, 1.82) is 0 Å². The molecule has 2 heterocycles. The number of amides is 1. The highest BCUT2D eigenvalue weighted by Crippen LogP contribution is 2.27. The predicted octanol–water partition coefficient (Wildman–Crippen LogP) is -0.917. The van der Waals surface area contributed by atoms with Gasteiger partial charge in [0.15, 0.2) is 0 Å². The second-order valence-electron chi connectivity index (χ2n) is 4.81. The third kappa shape index (κ3) is 1.83. The number of aliphatic hydroxyl groups excluding tert-OH is 2. The molecule has 3 atom stereocenters. The Morgan fingerprint density at radius 1 is 1.44 bits per heavy atom. The van der Waals surface area contributed by atoms with Gasteiger partial charge in [-0.05, 0) is 25.8 Å². The Morgan fingerprint density at radius 2 is 2.06 bits per heavy atom. The number of nitrogens with zero attached hydrogens (tertiary/aromatic N) is 1. The third-order valence-electron chi connectivity index (χ3n) is 3.80. The minimum Gasteiger partial charge on any atom is -0.388 e. The lowest BCUT2D eigenvalue weighted by Crippen LogP contribution is -2.54. The van der Waals surface area contributed by atoms with Gasteiger partial charge in [-0.3, -0.25) is 4.79 Å². The van der Waals surface area contributed by atoms with E-state index >= 15 is 0 Å². The van der Waals surface area contributed by atoms with Gasteiger partial charge in [-0.2, -0.15) is 0 Å². The number of carbonyl (C=O) groups excluding carboxylic acids is 1. The minimum atomic E-state index is -0.792. The maximum absolute atomic E-state index is 12.3. The van der Waals surface area contributed by atoms with Crippen molar-refractivity contribution in [2.45, 2.75) is 43.9 Å². The topological polar surface area (TPSA) is 72.8 Å². The molecule has 5 nitrogen and oxygen atoms in total. The molecule has 3 N–H and O–H groups in total. The molecule has 0 saturated carbocycles. The van der Waals surface area contributed by atoms with E-state index < -0.39 is 17.7 Å². The Kier molecular flexibility index (Phi) is 3.19. The second kappa shape index (κ2) is 4.31. The maximum Gasteiger partial charge on any atom is 0.243 e. The zero-order valence-electron chi connectivity index (χ0n) is 9.65. The van der Waals surface area contributed by atoms with Crippen molar-refractivity contribution in [2.75, 3.05) is 19.6 Å². The van der Waals surface area contributed by atoms with Crippen LogP contribution < -0.4 is 5.32 Å². The van der Waals surface area contributed by atoms with Crippen LogP contribution in [0.1, 0.15) is 26.2 Å². The van der Waals surface area contributed by atoms with Crippen LogP contribution in [0.25, 0.3) is 0 Å². The molecule has 0 spiro atoms. The number of rotatable bonds is 2. The average molecular weight is 228 g/mol. The summed E-state index contributed by atoms with van der Waals surface area (Å²) < 4.78 is 0. The first kappa shape index (κ1) is 11.8. The van der Waals surface area contributed by atoms with E-state index in [9.17, 15) is 15.0 Å². The highest BCUT2D eigenvalue weighted by atomic mass is 16.3. The molecular weight excluding hydrogens is 208 g/mol. The molecule has 0 bridgehead atoms. The molecule has 16 heavy (non-hydrogen) atoms. The summed E-state index contributed by atoms with van der Waals surface area (Å²) in [6.45, 7) is 3.38. The van der Waals surface area contributed by atoms with Crippen molar-refractivity contribution >= 4 is 5.91 Å². The van der Waals surface area contributed by atoms with Gasteiger partial charge in [0.1, 0.15) is 0 Å². The van der Waals surface area contributed by atoms with Crippen LogP contribution in [0.2, 0.25) is 0 Å². The lowest BCUT2D eigenvalue weighted by molar-refractivity contribution is -0.137. The zero-order chi connectivity index (χ0) is 11.8. The molecule has 92 valence electrons. The molecule has 0 radical (unpaired) electrons. The molecule has 0 aromatic carbocycles. The number of likely N-dealkylation sites (tertiary alicyclic amines) is 1. The van der Waals surface area contributed by atoms with Crippen molar-refractivity contribution in [2.24, 2.45) is 0 Å². The molecule has 2 saturated heterocycles. The number of carbonyl (C=O) groups is 1. The van der Waals surface area contributed by atoms with E-state index in [0.717, 1.165) is 25.8 Å². The van der Waals surface area contributed by atoms with E-state index in [1.807, 2.05) is 6.92 Å². The minimum absolute atomic E-state index is 0.0306. The van der Waals surface area contributed by atoms with Crippen LogP contribution in [0.15, 0.2) is 0 Å². The van der Waals surface area contributed by atoms with E-state index in [2.05, 4.69) is 5.32 Å². The Bertz CT molecular complexity index is 266. The number of nitrogens with one attached hydrogen (secondary N) is 1. The average Bonchev–Trinajstić information content (AvgIpc) is 2.87. The lowest BCUT2D eigenvalue weighted by atomic mass is 9.92. The summed E-state index contributed by atoms with van der Waals surface area (Å²) in [5.74, 6) is 0.0306. The van der Waals surface area contributed by atoms with Gasteiger partial charge in [0.05, 0.1) is 17.7 Å². The highest BCUT2D eigenvalue weighted by Gasteiger charge is 2.45. The molecule has 3 unspecified atom stereocenters. The molecule has 0 aromatic heterocycles. The van der Waals surface area contributed by atoms with E-state index in [0.29, 0.717) is 0 Å². The lowest BCUT2D eigenvalue weighted by Gasteiger charge is -2.31. The van der Waals surface area contributed by atoms with E-state index in [1.54, 1.807) is 4.90 Å². The SMILES string of the molecule is CCC1(C(=O)N2CC(O)C(O)C2)CCCN1. The van der Waals surface area contributed by atoms with Crippen molar-refractivity contribution < 1.29 is 15.0 Å². The molecule has 0 aromatic rings.